The number of phenols is 3. The summed E-state index contributed by atoms with van der Waals surface area (Å²) in [5.74, 6) is -2.39. The first-order valence-corrected chi connectivity index (χ1v) is 8.52. The Labute approximate surface area is 149 Å². The van der Waals surface area contributed by atoms with Crippen molar-refractivity contribution in [2.45, 2.75) is 38.2 Å². The molecule has 26 heavy (non-hydrogen) atoms. The van der Waals surface area contributed by atoms with Crippen LogP contribution in [0.4, 0.5) is 0 Å². The fraction of sp³-hybridized carbons (Fsp3) is 0.300. The molecule has 0 spiro atoms. The van der Waals surface area contributed by atoms with Gasteiger partial charge in [0.2, 0.25) is 5.78 Å². The molecular formula is C20H18O6. The fourth-order valence-corrected chi connectivity index (χ4v) is 4.03. The Morgan fingerprint density at radius 1 is 0.962 bits per heavy atom. The number of aliphatic hydroxyl groups is 1. The highest BCUT2D eigenvalue weighted by molar-refractivity contribution is 6.31. The number of aromatic hydroxyl groups is 3. The minimum atomic E-state index is -1.02. The van der Waals surface area contributed by atoms with E-state index in [1.807, 2.05) is 6.92 Å². The predicted octanol–water partition coefficient (Wildman–Crippen LogP) is 2.21. The first kappa shape index (κ1) is 16.6. The van der Waals surface area contributed by atoms with Crippen LogP contribution in [0.1, 0.15) is 62.7 Å². The van der Waals surface area contributed by atoms with Crippen LogP contribution in [0, 0.1) is 0 Å². The lowest BCUT2D eigenvalue weighted by Crippen LogP contribution is -2.36. The molecule has 0 heterocycles. The van der Waals surface area contributed by atoms with Crippen molar-refractivity contribution in [3.05, 3.63) is 51.6 Å². The van der Waals surface area contributed by atoms with Gasteiger partial charge in [-0.2, -0.15) is 0 Å². The summed E-state index contributed by atoms with van der Waals surface area (Å²) < 4.78 is 0. The molecule has 2 aliphatic carbocycles. The van der Waals surface area contributed by atoms with Crippen molar-refractivity contribution in [1.82, 2.24) is 0 Å². The maximum atomic E-state index is 12.9. The van der Waals surface area contributed by atoms with E-state index in [4.69, 9.17) is 0 Å². The first-order chi connectivity index (χ1) is 12.3. The average Bonchev–Trinajstić information content (AvgIpc) is 2.62. The summed E-state index contributed by atoms with van der Waals surface area (Å²) in [7, 11) is 0. The van der Waals surface area contributed by atoms with Gasteiger partial charge in [-0.15, -0.1) is 0 Å². The lowest BCUT2D eigenvalue weighted by atomic mass is 9.73. The first-order valence-electron chi connectivity index (χ1n) is 8.52. The van der Waals surface area contributed by atoms with Gasteiger partial charge in [-0.25, -0.2) is 0 Å². The number of hydrogen-bond acceptors (Lipinski definition) is 6. The number of carbonyl (C=O) groups is 2. The number of phenolic OH excluding ortho intramolecular Hbond substituents is 3. The van der Waals surface area contributed by atoms with Gasteiger partial charge in [0.05, 0.1) is 22.3 Å². The summed E-state index contributed by atoms with van der Waals surface area (Å²) in [5.41, 5.74) is -1.06. The zero-order valence-corrected chi connectivity index (χ0v) is 14.2. The molecule has 6 nitrogen and oxygen atoms in total. The summed E-state index contributed by atoms with van der Waals surface area (Å²) in [6, 6.07) is 4.14. The molecule has 4 rings (SSSR count). The molecule has 2 aromatic rings. The van der Waals surface area contributed by atoms with Gasteiger partial charge < -0.3 is 20.4 Å². The van der Waals surface area contributed by atoms with Crippen molar-refractivity contribution in [3.8, 4) is 17.2 Å². The number of hydrogen-bond donors (Lipinski definition) is 4. The molecule has 6 heteroatoms. The van der Waals surface area contributed by atoms with Crippen LogP contribution in [0.3, 0.4) is 0 Å². The maximum absolute atomic E-state index is 12.9. The smallest absolute Gasteiger partial charge is 0.202 e. The highest BCUT2D eigenvalue weighted by Gasteiger charge is 2.42. The number of carbonyl (C=O) groups excluding carboxylic acids is 2. The molecule has 2 aliphatic rings. The molecule has 0 aliphatic heterocycles. The second-order valence-electron chi connectivity index (χ2n) is 7.02. The van der Waals surface area contributed by atoms with E-state index < -0.39 is 17.2 Å². The van der Waals surface area contributed by atoms with Crippen LogP contribution in [0.15, 0.2) is 18.2 Å². The highest BCUT2D eigenvalue weighted by atomic mass is 16.3. The van der Waals surface area contributed by atoms with E-state index in [0.29, 0.717) is 24.0 Å². The van der Waals surface area contributed by atoms with E-state index in [-0.39, 0.29) is 52.3 Å². The number of benzene rings is 2. The summed E-state index contributed by atoms with van der Waals surface area (Å²) in [6.45, 7) is 1.83. The third kappa shape index (κ3) is 2.02. The monoisotopic (exact) mass is 354 g/mol. The molecule has 0 saturated carbocycles. The zero-order valence-electron chi connectivity index (χ0n) is 14.2. The second kappa shape index (κ2) is 5.32. The molecule has 0 saturated heterocycles. The molecule has 0 aromatic heterocycles. The number of fused-ring (bicyclic) bond motifs is 3. The van der Waals surface area contributed by atoms with Crippen LogP contribution in [0.2, 0.25) is 0 Å². The fourth-order valence-electron chi connectivity index (χ4n) is 4.03. The molecule has 134 valence electrons. The van der Waals surface area contributed by atoms with Crippen molar-refractivity contribution in [3.63, 3.8) is 0 Å². The van der Waals surface area contributed by atoms with Crippen LogP contribution in [0.5, 0.6) is 17.2 Å². The SMILES string of the molecule is CC[C@@]1(O)CCc2c(O)c3c(c(O)c2C1)C(=O)c1cccc(O)c1C3=O. The lowest BCUT2D eigenvalue weighted by Gasteiger charge is -2.35. The van der Waals surface area contributed by atoms with E-state index in [1.54, 1.807) is 0 Å². The van der Waals surface area contributed by atoms with Crippen molar-refractivity contribution in [1.29, 1.82) is 0 Å². The van der Waals surface area contributed by atoms with Crippen molar-refractivity contribution < 1.29 is 30.0 Å². The van der Waals surface area contributed by atoms with Crippen LogP contribution < -0.4 is 0 Å². The van der Waals surface area contributed by atoms with Gasteiger partial charge in [0, 0.05) is 23.1 Å². The summed E-state index contributed by atoms with van der Waals surface area (Å²) in [6.07, 6.45) is 1.22. The minimum absolute atomic E-state index is 0.0151. The molecule has 0 fully saturated rings. The highest BCUT2D eigenvalue weighted by Crippen LogP contribution is 2.48. The third-order valence-corrected chi connectivity index (χ3v) is 5.63. The Morgan fingerprint density at radius 2 is 1.62 bits per heavy atom. The molecule has 2 aromatic carbocycles. The van der Waals surface area contributed by atoms with Crippen LogP contribution in [0.25, 0.3) is 0 Å². The minimum Gasteiger partial charge on any atom is -0.507 e. The van der Waals surface area contributed by atoms with Crippen molar-refractivity contribution >= 4 is 11.6 Å². The summed E-state index contributed by atoms with van der Waals surface area (Å²) in [5, 5.41) is 42.1. The zero-order chi connectivity index (χ0) is 18.8. The molecule has 4 N–H and O–H groups in total. The Morgan fingerprint density at radius 3 is 2.31 bits per heavy atom. The standard InChI is InChI=1S/C20H18O6/c1-2-20(26)7-6-9-11(8-20)18(24)14-15(16(9)22)19(25)13-10(17(14)23)4-3-5-12(13)21/h3-5,21-22,24,26H,2,6-8H2,1H3/t20-/m1/s1. The quantitative estimate of drug-likeness (QED) is 0.498. The number of ketones is 2. The molecule has 0 unspecified atom stereocenters. The Balaban J connectivity index is 2.02. The van der Waals surface area contributed by atoms with Gasteiger partial charge in [-0.1, -0.05) is 19.1 Å². The normalized spacial score (nSPS) is 21.2. The Hall–Kier alpha value is -2.86. The third-order valence-electron chi connectivity index (χ3n) is 5.63. The maximum Gasteiger partial charge on any atom is 0.202 e. The van der Waals surface area contributed by atoms with E-state index in [9.17, 15) is 30.0 Å². The lowest BCUT2D eigenvalue weighted by molar-refractivity contribution is 0.0216. The van der Waals surface area contributed by atoms with E-state index >= 15 is 0 Å². The largest absolute Gasteiger partial charge is 0.507 e. The molecule has 1 atom stereocenters. The average molecular weight is 354 g/mol. The van der Waals surface area contributed by atoms with E-state index in [1.165, 1.54) is 18.2 Å². The van der Waals surface area contributed by atoms with Gasteiger partial charge in [0.1, 0.15) is 17.2 Å². The molecule has 0 amide bonds. The Kier molecular flexibility index (Phi) is 3.39. The molecule has 0 radical (unpaired) electrons. The van der Waals surface area contributed by atoms with Gasteiger partial charge in [0.25, 0.3) is 0 Å². The van der Waals surface area contributed by atoms with E-state index in [2.05, 4.69) is 0 Å². The van der Waals surface area contributed by atoms with Crippen LogP contribution in [-0.4, -0.2) is 37.6 Å². The Bertz CT molecular complexity index is 991. The topological polar surface area (TPSA) is 115 Å². The summed E-state index contributed by atoms with van der Waals surface area (Å²) in [4.78, 5) is 25.8. The van der Waals surface area contributed by atoms with Gasteiger partial charge >= 0.3 is 0 Å². The van der Waals surface area contributed by atoms with Crippen LogP contribution in [-0.2, 0) is 12.8 Å². The van der Waals surface area contributed by atoms with E-state index in [0.717, 1.165) is 0 Å². The molecular weight excluding hydrogens is 336 g/mol. The van der Waals surface area contributed by atoms with Gasteiger partial charge in [0.15, 0.2) is 5.78 Å². The summed E-state index contributed by atoms with van der Waals surface area (Å²) >= 11 is 0. The van der Waals surface area contributed by atoms with Crippen molar-refractivity contribution in [2.24, 2.45) is 0 Å². The van der Waals surface area contributed by atoms with Crippen LogP contribution >= 0.6 is 0 Å². The number of rotatable bonds is 1. The second-order valence-corrected chi connectivity index (χ2v) is 7.02. The molecule has 0 bridgehead atoms. The van der Waals surface area contributed by atoms with Gasteiger partial charge in [-0.3, -0.25) is 9.59 Å². The predicted molar refractivity (Wildman–Crippen MR) is 92.0 cm³/mol. The van der Waals surface area contributed by atoms with Gasteiger partial charge in [-0.05, 0) is 25.3 Å². The van der Waals surface area contributed by atoms with Crippen molar-refractivity contribution in [2.75, 3.05) is 0 Å².